The van der Waals surface area contributed by atoms with Gasteiger partial charge in [0.1, 0.15) is 0 Å². The van der Waals surface area contributed by atoms with Gasteiger partial charge >= 0.3 is 29.6 Å². The summed E-state index contributed by atoms with van der Waals surface area (Å²) in [5, 5.41) is 12.6. The maximum atomic E-state index is 11.4. The van der Waals surface area contributed by atoms with Crippen molar-refractivity contribution in [1.82, 2.24) is 5.32 Å². The predicted molar refractivity (Wildman–Crippen MR) is 48.4 cm³/mol. The number of benzene rings is 1. The first-order valence-corrected chi connectivity index (χ1v) is 4.18. The van der Waals surface area contributed by atoms with E-state index in [9.17, 15) is 14.7 Å². The van der Waals surface area contributed by atoms with Crippen molar-refractivity contribution >= 4 is 11.9 Å². The largest absolute Gasteiger partial charge is 1.00 e. The Balaban J connectivity index is 0.00000196. The molecule has 1 aromatic carbocycles. The SMILES string of the molecule is C[C@H](NC(=O)c1ccccc1)[13C](=O)[O-].[Na+]. The molecule has 0 bridgehead atoms. The maximum Gasteiger partial charge on any atom is 1.00 e. The Morgan fingerprint density at radius 1 is 1.27 bits per heavy atom. The van der Waals surface area contributed by atoms with E-state index in [-0.39, 0.29) is 29.6 Å². The van der Waals surface area contributed by atoms with E-state index in [2.05, 4.69) is 5.32 Å². The van der Waals surface area contributed by atoms with Crippen molar-refractivity contribution in [2.75, 3.05) is 0 Å². The summed E-state index contributed by atoms with van der Waals surface area (Å²) in [6.07, 6.45) is 0. The standard InChI is InChI=1S/C10H11NO3.Na/c1-7(10(13)14)11-9(12)8-5-3-2-4-6-8;/h2-7H,1H3,(H,11,12)(H,13,14);/q;+1/p-1/t7-;/m0./s1/i10+1;. The number of carboxylic acids is 1. The molecule has 1 amide bonds. The van der Waals surface area contributed by atoms with Crippen LogP contribution in [0.4, 0.5) is 0 Å². The molecule has 0 spiro atoms. The zero-order chi connectivity index (χ0) is 10.6. The zero-order valence-corrected chi connectivity index (χ0v) is 10.7. The van der Waals surface area contributed by atoms with Gasteiger partial charge in [0.05, 0.1) is 12.0 Å². The normalized spacial score (nSPS) is 11.0. The molecule has 0 radical (unpaired) electrons. The van der Waals surface area contributed by atoms with E-state index in [0.29, 0.717) is 5.56 Å². The summed E-state index contributed by atoms with van der Waals surface area (Å²) in [5.74, 6) is -1.71. The van der Waals surface area contributed by atoms with E-state index in [1.807, 2.05) is 0 Å². The molecule has 4 nitrogen and oxygen atoms in total. The van der Waals surface area contributed by atoms with Crippen molar-refractivity contribution in [2.45, 2.75) is 13.0 Å². The molecule has 1 aromatic rings. The molecule has 1 rings (SSSR count). The number of aliphatic carboxylic acids is 1. The van der Waals surface area contributed by atoms with Crippen LogP contribution in [0.5, 0.6) is 0 Å². The molecule has 0 unspecified atom stereocenters. The van der Waals surface area contributed by atoms with E-state index in [0.717, 1.165) is 0 Å². The molecule has 0 aliphatic heterocycles. The fourth-order valence-electron chi connectivity index (χ4n) is 0.928. The van der Waals surface area contributed by atoms with Gasteiger partial charge in [0.25, 0.3) is 5.91 Å². The minimum absolute atomic E-state index is 0. The first kappa shape index (κ1) is 14.2. The Labute approximate surface area is 110 Å². The average Bonchev–Trinajstić information content (AvgIpc) is 2.19. The molecule has 1 atom stereocenters. The number of hydrogen-bond acceptors (Lipinski definition) is 3. The third-order valence-electron chi connectivity index (χ3n) is 1.74. The Kier molecular flexibility index (Phi) is 6.24. The van der Waals surface area contributed by atoms with Crippen molar-refractivity contribution in [1.29, 1.82) is 0 Å². The fourth-order valence-corrected chi connectivity index (χ4v) is 0.928. The van der Waals surface area contributed by atoms with Gasteiger partial charge in [0.2, 0.25) is 0 Å². The molecule has 74 valence electrons. The Hall–Kier alpha value is -0.840. The topological polar surface area (TPSA) is 69.2 Å². The van der Waals surface area contributed by atoms with Gasteiger partial charge < -0.3 is 15.2 Å². The number of carbonyl (C=O) groups excluding carboxylic acids is 2. The molecular weight excluding hydrogens is 206 g/mol. The summed E-state index contributed by atoms with van der Waals surface area (Å²) in [6, 6.07) is 7.42. The number of nitrogens with one attached hydrogen (secondary N) is 1. The van der Waals surface area contributed by atoms with Gasteiger partial charge in [-0.2, -0.15) is 0 Å². The number of hydrogen-bond donors (Lipinski definition) is 1. The Morgan fingerprint density at radius 3 is 2.27 bits per heavy atom. The molecule has 0 aliphatic carbocycles. The second-order valence-electron chi connectivity index (χ2n) is 2.88. The van der Waals surface area contributed by atoms with Gasteiger partial charge in [0, 0.05) is 5.56 Å². The average molecular weight is 216 g/mol. The molecule has 0 aliphatic rings. The summed E-state index contributed by atoms with van der Waals surface area (Å²) < 4.78 is 0. The van der Waals surface area contributed by atoms with Gasteiger partial charge in [-0.05, 0) is 19.1 Å². The number of amides is 1. The molecular formula is C10H10NNaO3. The minimum atomic E-state index is -1.30. The third kappa shape index (κ3) is 4.46. The molecule has 0 heterocycles. The summed E-state index contributed by atoms with van der Waals surface area (Å²) in [4.78, 5) is 21.7. The first-order valence-electron chi connectivity index (χ1n) is 4.18. The van der Waals surface area contributed by atoms with Crippen LogP contribution in [0.3, 0.4) is 0 Å². The molecule has 0 aromatic heterocycles. The van der Waals surface area contributed by atoms with Gasteiger partial charge in [-0.15, -0.1) is 0 Å². The van der Waals surface area contributed by atoms with E-state index in [1.54, 1.807) is 30.3 Å². The van der Waals surface area contributed by atoms with Crippen molar-refractivity contribution in [3.63, 3.8) is 0 Å². The van der Waals surface area contributed by atoms with Crippen LogP contribution in [-0.2, 0) is 4.79 Å². The fraction of sp³-hybridized carbons (Fsp3) is 0.200. The van der Waals surface area contributed by atoms with Crippen LogP contribution in [0.2, 0.25) is 0 Å². The second kappa shape index (κ2) is 6.61. The quantitative estimate of drug-likeness (QED) is 0.422. The summed E-state index contributed by atoms with van der Waals surface area (Å²) in [6.45, 7) is 1.36. The molecule has 0 saturated heterocycles. The van der Waals surface area contributed by atoms with Crippen LogP contribution in [0, 0.1) is 0 Å². The molecule has 5 heteroatoms. The summed E-state index contributed by atoms with van der Waals surface area (Å²) in [5.41, 5.74) is 0.431. The smallest absolute Gasteiger partial charge is 0.548 e. The predicted octanol–water partition coefficient (Wildman–Crippen LogP) is -3.44. The Morgan fingerprint density at radius 2 is 1.80 bits per heavy atom. The van der Waals surface area contributed by atoms with Crippen molar-refractivity contribution in [2.24, 2.45) is 0 Å². The molecule has 0 fully saturated rings. The number of carbonyl (C=O) groups is 2. The van der Waals surface area contributed by atoms with Gasteiger partial charge in [0.15, 0.2) is 0 Å². The van der Waals surface area contributed by atoms with Gasteiger partial charge in [-0.1, -0.05) is 18.2 Å². The monoisotopic (exact) mass is 216 g/mol. The van der Waals surface area contributed by atoms with Gasteiger partial charge in [-0.3, -0.25) is 4.79 Å². The zero-order valence-electron chi connectivity index (χ0n) is 8.69. The van der Waals surface area contributed by atoms with Crippen molar-refractivity contribution in [3.8, 4) is 0 Å². The molecule has 0 saturated carbocycles. The Bertz CT molecular complexity index is 340. The van der Waals surface area contributed by atoms with E-state index >= 15 is 0 Å². The van der Waals surface area contributed by atoms with Crippen LogP contribution in [0.1, 0.15) is 17.3 Å². The molecule has 15 heavy (non-hydrogen) atoms. The maximum absolute atomic E-state index is 11.4. The first-order chi connectivity index (χ1) is 6.61. The molecule has 1 N–H and O–H groups in total. The van der Waals surface area contributed by atoms with Crippen LogP contribution in [0.25, 0.3) is 0 Å². The van der Waals surface area contributed by atoms with E-state index in [1.165, 1.54) is 6.92 Å². The van der Waals surface area contributed by atoms with E-state index in [4.69, 9.17) is 0 Å². The summed E-state index contributed by atoms with van der Waals surface area (Å²) >= 11 is 0. The summed E-state index contributed by atoms with van der Waals surface area (Å²) in [7, 11) is 0. The van der Waals surface area contributed by atoms with Crippen LogP contribution in [0.15, 0.2) is 30.3 Å². The van der Waals surface area contributed by atoms with Gasteiger partial charge in [-0.25, -0.2) is 0 Å². The third-order valence-corrected chi connectivity index (χ3v) is 1.74. The van der Waals surface area contributed by atoms with Crippen molar-refractivity contribution < 1.29 is 44.3 Å². The van der Waals surface area contributed by atoms with E-state index < -0.39 is 17.9 Å². The van der Waals surface area contributed by atoms with Crippen LogP contribution >= 0.6 is 0 Å². The number of carboxylic acid groups (broad SMARTS) is 1. The number of rotatable bonds is 3. The second-order valence-corrected chi connectivity index (χ2v) is 2.88. The van der Waals surface area contributed by atoms with Crippen LogP contribution in [-0.4, -0.2) is 17.9 Å². The van der Waals surface area contributed by atoms with Crippen LogP contribution < -0.4 is 40.0 Å². The minimum Gasteiger partial charge on any atom is -0.548 e. The van der Waals surface area contributed by atoms with Crippen molar-refractivity contribution in [3.05, 3.63) is 35.9 Å².